The van der Waals surface area contributed by atoms with Gasteiger partial charge in [-0.15, -0.1) is 0 Å². The Morgan fingerprint density at radius 1 is 1.50 bits per heavy atom. The first-order valence-electron chi connectivity index (χ1n) is 4.93. The minimum absolute atomic E-state index is 0.521. The summed E-state index contributed by atoms with van der Waals surface area (Å²) >= 11 is 6.00. The third kappa shape index (κ3) is 1.72. The zero-order chi connectivity index (χ0) is 10.1. The normalized spacial score (nSPS) is 22.9. The molecule has 2 N–H and O–H groups in total. The quantitative estimate of drug-likeness (QED) is 0.723. The molecule has 3 heteroatoms. The van der Waals surface area contributed by atoms with Crippen molar-refractivity contribution in [2.24, 2.45) is 0 Å². The van der Waals surface area contributed by atoms with E-state index in [0.29, 0.717) is 16.8 Å². The molecule has 2 rings (SSSR count). The highest BCUT2D eigenvalue weighted by molar-refractivity contribution is 6.33. The summed E-state index contributed by atoms with van der Waals surface area (Å²) in [6, 6.07) is 6.48. The minimum atomic E-state index is 0.521. The fourth-order valence-electron chi connectivity index (χ4n) is 2.08. The zero-order valence-electron chi connectivity index (χ0n) is 8.33. The van der Waals surface area contributed by atoms with Crippen LogP contribution in [0.1, 0.15) is 24.4 Å². The number of rotatable bonds is 1. The number of hydrogen-bond donors (Lipinski definition) is 1. The van der Waals surface area contributed by atoms with Gasteiger partial charge in [0.2, 0.25) is 0 Å². The molecule has 1 saturated heterocycles. The first-order valence-corrected chi connectivity index (χ1v) is 5.31. The summed E-state index contributed by atoms with van der Waals surface area (Å²) in [5.74, 6) is 0. The molecule has 1 atom stereocenters. The molecule has 1 aliphatic rings. The summed E-state index contributed by atoms with van der Waals surface area (Å²) < 4.78 is 0. The molecule has 14 heavy (non-hydrogen) atoms. The second-order valence-corrected chi connectivity index (χ2v) is 4.33. The number of hydrogen-bond acceptors (Lipinski definition) is 2. The number of anilines is 1. The van der Waals surface area contributed by atoms with Gasteiger partial charge in [-0.05, 0) is 44.1 Å². The monoisotopic (exact) mass is 210 g/mol. The van der Waals surface area contributed by atoms with Gasteiger partial charge in [-0.3, -0.25) is 4.90 Å². The van der Waals surface area contributed by atoms with Crippen molar-refractivity contribution in [2.75, 3.05) is 19.3 Å². The number of likely N-dealkylation sites (tertiary alicyclic amines) is 1. The topological polar surface area (TPSA) is 29.3 Å². The molecule has 76 valence electrons. The van der Waals surface area contributed by atoms with Crippen LogP contribution >= 0.6 is 11.6 Å². The Bertz CT molecular complexity index is 338. The van der Waals surface area contributed by atoms with Gasteiger partial charge in [0.05, 0.1) is 10.7 Å². The van der Waals surface area contributed by atoms with E-state index in [1.165, 1.54) is 24.9 Å². The van der Waals surface area contributed by atoms with E-state index >= 15 is 0 Å². The van der Waals surface area contributed by atoms with Crippen molar-refractivity contribution >= 4 is 17.3 Å². The van der Waals surface area contributed by atoms with Crippen LogP contribution in [0, 0.1) is 0 Å². The Balaban J connectivity index is 2.28. The van der Waals surface area contributed by atoms with Crippen molar-refractivity contribution in [2.45, 2.75) is 18.9 Å². The molecule has 2 nitrogen and oxygen atoms in total. The molecule has 0 saturated carbocycles. The van der Waals surface area contributed by atoms with Crippen molar-refractivity contribution < 1.29 is 0 Å². The van der Waals surface area contributed by atoms with Gasteiger partial charge in [0.15, 0.2) is 0 Å². The maximum Gasteiger partial charge on any atom is 0.0638 e. The van der Waals surface area contributed by atoms with Crippen LogP contribution < -0.4 is 5.73 Å². The largest absolute Gasteiger partial charge is 0.398 e. The smallest absolute Gasteiger partial charge is 0.0638 e. The summed E-state index contributed by atoms with van der Waals surface area (Å²) in [7, 11) is 2.15. The second-order valence-electron chi connectivity index (χ2n) is 3.92. The van der Waals surface area contributed by atoms with E-state index in [1.54, 1.807) is 0 Å². The molecule has 1 heterocycles. The predicted molar refractivity (Wildman–Crippen MR) is 60.5 cm³/mol. The molecular weight excluding hydrogens is 196 g/mol. The first kappa shape index (κ1) is 9.81. The van der Waals surface area contributed by atoms with E-state index in [4.69, 9.17) is 17.3 Å². The molecule has 1 aliphatic heterocycles. The van der Waals surface area contributed by atoms with Crippen molar-refractivity contribution in [3.05, 3.63) is 28.8 Å². The van der Waals surface area contributed by atoms with E-state index in [9.17, 15) is 0 Å². The summed E-state index contributed by atoms with van der Waals surface area (Å²) in [6.07, 6.45) is 2.49. The van der Waals surface area contributed by atoms with E-state index in [0.717, 1.165) is 0 Å². The molecule has 0 bridgehead atoms. The summed E-state index contributed by atoms with van der Waals surface area (Å²) in [4.78, 5) is 2.36. The van der Waals surface area contributed by atoms with Crippen LogP contribution in [-0.2, 0) is 0 Å². The van der Waals surface area contributed by atoms with Gasteiger partial charge in [0.25, 0.3) is 0 Å². The van der Waals surface area contributed by atoms with Gasteiger partial charge in [-0.1, -0.05) is 17.7 Å². The average molecular weight is 211 g/mol. The van der Waals surface area contributed by atoms with Gasteiger partial charge >= 0.3 is 0 Å². The maximum atomic E-state index is 6.00. The van der Waals surface area contributed by atoms with Gasteiger partial charge in [-0.2, -0.15) is 0 Å². The van der Waals surface area contributed by atoms with Crippen molar-refractivity contribution in [3.63, 3.8) is 0 Å². The third-order valence-corrected chi connectivity index (χ3v) is 3.26. The molecule has 1 aromatic carbocycles. The minimum Gasteiger partial charge on any atom is -0.398 e. The third-order valence-electron chi connectivity index (χ3n) is 2.93. The van der Waals surface area contributed by atoms with Crippen molar-refractivity contribution in [1.82, 2.24) is 4.90 Å². The molecule has 0 aliphatic carbocycles. The van der Waals surface area contributed by atoms with Crippen LogP contribution in [0.3, 0.4) is 0 Å². The van der Waals surface area contributed by atoms with Gasteiger partial charge in [0, 0.05) is 6.04 Å². The second kappa shape index (κ2) is 3.79. The van der Waals surface area contributed by atoms with Crippen LogP contribution in [0.25, 0.3) is 0 Å². The number of halogens is 1. The molecule has 1 unspecified atom stereocenters. The van der Waals surface area contributed by atoms with Gasteiger partial charge in [0.1, 0.15) is 0 Å². The molecule has 0 aromatic heterocycles. The fourth-order valence-corrected chi connectivity index (χ4v) is 2.27. The molecule has 1 fully saturated rings. The average Bonchev–Trinajstić information content (AvgIpc) is 2.57. The Labute approximate surface area is 89.7 Å². The molecular formula is C11H15ClN2. The number of nitrogen functional groups attached to an aromatic ring is 1. The Morgan fingerprint density at radius 3 is 2.86 bits per heavy atom. The van der Waals surface area contributed by atoms with Crippen LogP contribution in [0.5, 0.6) is 0 Å². The summed E-state index contributed by atoms with van der Waals surface area (Å²) in [6.45, 7) is 1.17. The van der Waals surface area contributed by atoms with Crippen LogP contribution in [0.15, 0.2) is 18.2 Å². The van der Waals surface area contributed by atoms with Gasteiger partial charge < -0.3 is 5.73 Å². The summed E-state index contributed by atoms with van der Waals surface area (Å²) in [5.41, 5.74) is 7.62. The zero-order valence-corrected chi connectivity index (χ0v) is 9.09. The van der Waals surface area contributed by atoms with Crippen LogP contribution in [0.4, 0.5) is 5.69 Å². The highest BCUT2D eigenvalue weighted by Gasteiger charge is 2.22. The van der Waals surface area contributed by atoms with Crippen molar-refractivity contribution in [1.29, 1.82) is 0 Å². The Hall–Kier alpha value is -0.730. The number of benzene rings is 1. The SMILES string of the molecule is CN1CCCC1c1ccc(N)c(Cl)c1. The van der Waals surface area contributed by atoms with E-state index in [1.807, 2.05) is 12.1 Å². The fraction of sp³-hybridized carbons (Fsp3) is 0.455. The first-order chi connectivity index (χ1) is 6.68. The molecule has 0 spiro atoms. The van der Waals surface area contributed by atoms with E-state index < -0.39 is 0 Å². The number of nitrogens with zero attached hydrogens (tertiary/aromatic N) is 1. The van der Waals surface area contributed by atoms with E-state index in [2.05, 4.69) is 18.0 Å². The Kier molecular flexibility index (Phi) is 2.66. The van der Waals surface area contributed by atoms with Crippen LogP contribution in [0.2, 0.25) is 5.02 Å². The lowest BCUT2D eigenvalue weighted by atomic mass is 10.0. The highest BCUT2D eigenvalue weighted by atomic mass is 35.5. The van der Waals surface area contributed by atoms with Gasteiger partial charge in [-0.25, -0.2) is 0 Å². The Morgan fingerprint density at radius 2 is 2.29 bits per heavy atom. The predicted octanol–water partition coefficient (Wildman–Crippen LogP) is 2.69. The lowest BCUT2D eigenvalue weighted by Gasteiger charge is -2.20. The summed E-state index contributed by atoms with van der Waals surface area (Å²) in [5, 5.41) is 0.669. The number of nitrogens with two attached hydrogens (primary N) is 1. The molecule has 0 amide bonds. The lowest BCUT2D eigenvalue weighted by Crippen LogP contribution is -2.17. The van der Waals surface area contributed by atoms with E-state index in [-0.39, 0.29) is 0 Å². The molecule has 0 radical (unpaired) electrons. The molecule has 1 aromatic rings. The maximum absolute atomic E-state index is 6.00. The standard InChI is InChI=1S/C11H15ClN2/c1-14-6-2-3-11(14)8-4-5-10(13)9(12)7-8/h4-5,7,11H,2-3,6,13H2,1H3. The van der Waals surface area contributed by atoms with Crippen LogP contribution in [-0.4, -0.2) is 18.5 Å². The van der Waals surface area contributed by atoms with Crippen molar-refractivity contribution in [3.8, 4) is 0 Å². The lowest BCUT2D eigenvalue weighted by molar-refractivity contribution is 0.317. The highest BCUT2D eigenvalue weighted by Crippen LogP contribution is 2.32.